The number of fused-ring (bicyclic) bond motifs is 1. The quantitative estimate of drug-likeness (QED) is 0.752. The molecule has 1 saturated heterocycles. The zero-order valence-corrected chi connectivity index (χ0v) is 13.4. The maximum atomic E-state index is 4.46. The Labute approximate surface area is 135 Å². The van der Waals surface area contributed by atoms with Gasteiger partial charge in [0.15, 0.2) is 11.5 Å². The van der Waals surface area contributed by atoms with Gasteiger partial charge < -0.3 is 14.8 Å². The van der Waals surface area contributed by atoms with E-state index in [2.05, 4.69) is 50.6 Å². The van der Waals surface area contributed by atoms with Gasteiger partial charge in [-0.3, -0.25) is 0 Å². The van der Waals surface area contributed by atoms with Gasteiger partial charge in [0.1, 0.15) is 17.7 Å². The fraction of sp³-hybridized carbons (Fsp3) is 0.286. The number of imidazole rings is 1. The van der Waals surface area contributed by atoms with Gasteiger partial charge in [-0.15, -0.1) is 0 Å². The summed E-state index contributed by atoms with van der Waals surface area (Å²) in [5, 5.41) is 0. The normalized spacial score (nSPS) is 15.5. The summed E-state index contributed by atoms with van der Waals surface area (Å²) in [4.78, 5) is 24.9. The summed E-state index contributed by atoms with van der Waals surface area (Å²) in [5.41, 5.74) is 1.61. The van der Waals surface area contributed by atoms with Crippen LogP contribution < -0.4 is 9.80 Å². The van der Waals surface area contributed by atoms with Crippen LogP contribution in [-0.2, 0) is 0 Å². The molecule has 1 fully saturated rings. The Balaban J connectivity index is 1.52. The number of anilines is 2. The number of aromatic amines is 1. The maximum absolute atomic E-state index is 4.46. The molecule has 0 spiro atoms. The second-order valence-corrected chi connectivity index (χ2v) is 6.02. The van der Waals surface area contributed by atoms with E-state index < -0.39 is 0 Å². The Morgan fingerprint density at radius 1 is 0.955 bits per heavy atom. The molecule has 112 valence electrons. The molecule has 7 nitrogen and oxygen atoms in total. The highest BCUT2D eigenvalue weighted by molar-refractivity contribution is 9.10. The van der Waals surface area contributed by atoms with Gasteiger partial charge >= 0.3 is 0 Å². The van der Waals surface area contributed by atoms with Gasteiger partial charge in [0.05, 0.1) is 6.33 Å². The van der Waals surface area contributed by atoms with Crippen LogP contribution in [0.4, 0.5) is 11.6 Å². The summed E-state index contributed by atoms with van der Waals surface area (Å²) < 4.78 is 0.998. The fourth-order valence-corrected chi connectivity index (χ4v) is 2.93. The predicted octanol–water partition coefficient (Wildman–Crippen LogP) is 1.84. The van der Waals surface area contributed by atoms with Gasteiger partial charge in [0, 0.05) is 36.8 Å². The highest BCUT2D eigenvalue weighted by Gasteiger charge is 2.21. The van der Waals surface area contributed by atoms with Gasteiger partial charge in [0.25, 0.3) is 0 Å². The van der Waals surface area contributed by atoms with E-state index >= 15 is 0 Å². The lowest BCUT2D eigenvalue weighted by Crippen LogP contribution is -2.47. The first-order valence-corrected chi connectivity index (χ1v) is 7.86. The van der Waals surface area contributed by atoms with E-state index in [4.69, 9.17) is 0 Å². The molecule has 1 aliphatic heterocycles. The van der Waals surface area contributed by atoms with Crippen LogP contribution >= 0.6 is 15.9 Å². The van der Waals surface area contributed by atoms with Crippen molar-refractivity contribution in [3.8, 4) is 0 Å². The van der Waals surface area contributed by atoms with Crippen molar-refractivity contribution in [3.05, 3.63) is 35.5 Å². The van der Waals surface area contributed by atoms with Gasteiger partial charge in [0.2, 0.25) is 0 Å². The first kappa shape index (κ1) is 13.4. The second kappa shape index (κ2) is 5.53. The number of nitrogens with zero attached hydrogens (tertiary/aromatic N) is 6. The molecule has 0 atom stereocenters. The third-order valence-electron chi connectivity index (χ3n) is 3.82. The van der Waals surface area contributed by atoms with E-state index in [-0.39, 0.29) is 0 Å². The molecule has 0 bridgehead atoms. The lowest BCUT2D eigenvalue weighted by Gasteiger charge is -2.36. The van der Waals surface area contributed by atoms with Gasteiger partial charge in [-0.05, 0) is 28.1 Å². The molecule has 1 aliphatic rings. The number of aromatic nitrogens is 5. The zero-order valence-electron chi connectivity index (χ0n) is 11.8. The molecular weight excluding hydrogens is 346 g/mol. The van der Waals surface area contributed by atoms with Gasteiger partial charge in [-0.1, -0.05) is 0 Å². The SMILES string of the molecule is Brc1ccc(N2CCN(c3ncnc4nc[nH]c34)CC2)nc1. The number of piperazine rings is 1. The molecule has 4 heterocycles. The molecule has 0 aliphatic carbocycles. The van der Waals surface area contributed by atoms with E-state index in [1.165, 1.54) is 0 Å². The van der Waals surface area contributed by atoms with Crippen LogP contribution in [0.1, 0.15) is 0 Å². The van der Waals surface area contributed by atoms with E-state index in [9.17, 15) is 0 Å². The van der Waals surface area contributed by atoms with Crippen molar-refractivity contribution in [2.24, 2.45) is 0 Å². The number of H-pyrrole nitrogens is 1. The molecule has 3 aromatic rings. The van der Waals surface area contributed by atoms with E-state index in [1.807, 2.05) is 18.3 Å². The summed E-state index contributed by atoms with van der Waals surface area (Å²) in [6, 6.07) is 4.06. The number of halogens is 1. The highest BCUT2D eigenvalue weighted by atomic mass is 79.9. The monoisotopic (exact) mass is 359 g/mol. The number of hydrogen-bond donors (Lipinski definition) is 1. The third kappa shape index (κ3) is 2.39. The summed E-state index contributed by atoms with van der Waals surface area (Å²) in [6.45, 7) is 3.61. The van der Waals surface area contributed by atoms with Crippen molar-refractivity contribution < 1.29 is 0 Å². The minimum absolute atomic E-state index is 0.710. The average Bonchev–Trinajstić information content (AvgIpc) is 3.04. The first-order chi connectivity index (χ1) is 10.8. The van der Waals surface area contributed by atoms with Crippen LogP contribution in [0.2, 0.25) is 0 Å². The van der Waals surface area contributed by atoms with Crippen LogP contribution in [0.15, 0.2) is 35.5 Å². The smallest absolute Gasteiger partial charge is 0.182 e. The largest absolute Gasteiger partial charge is 0.353 e. The van der Waals surface area contributed by atoms with Crippen molar-refractivity contribution in [2.45, 2.75) is 0 Å². The van der Waals surface area contributed by atoms with Crippen LogP contribution in [-0.4, -0.2) is 51.1 Å². The molecule has 22 heavy (non-hydrogen) atoms. The first-order valence-electron chi connectivity index (χ1n) is 7.07. The average molecular weight is 360 g/mol. The van der Waals surface area contributed by atoms with E-state index in [0.29, 0.717) is 5.65 Å². The zero-order chi connectivity index (χ0) is 14.9. The molecule has 8 heteroatoms. The summed E-state index contributed by atoms with van der Waals surface area (Å²) >= 11 is 3.42. The minimum atomic E-state index is 0.710. The third-order valence-corrected chi connectivity index (χ3v) is 4.29. The molecule has 1 N–H and O–H groups in total. The number of nitrogens with one attached hydrogen (secondary N) is 1. The van der Waals surface area contributed by atoms with Crippen LogP contribution in [0, 0.1) is 0 Å². The Morgan fingerprint density at radius 3 is 2.55 bits per heavy atom. The van der Waals surface area contributed by atoms with Crippen molar-refractivity contribution in [3.63, 3.8) is 0 Å². The molecule has 0 amide bonds. The molecule has 0 radical (unpaired) electrons. The maximum Gasteiger partial charge on any atom is 0.182 e. The van der Waals surface area contributed by atoms with Crippen molar-refractivity contribution in [1.29, 1.82) is 0 Å². The lowest BCUT2D eigenvalue weighted by molar-refractivity contribution is 0.642. The minimum Gasteiger partial charge on any atom is -0.353 e. The molecule has 4 rings (SSSR count). The van der Waals surface area contributed by atoms with Gasteiger partial charge in [-0.2, -0.15) is 0 Å². The number of rotatable bonds is 2. The molecule has 0 aromatic carbocycles. The molecule has 0 saturated carbocycles. The predicted molar refractivity (Wildman–Crippen MR) is 88.0 cm³/mol. The van der Waals surface area contributed by atoms with E-state index in [0.717, 1.165) is 47.8 Å². The molecular formula is C14H14BrN7. The highest BCUT2D eigenvalue weighted by Crippen LogP contribution is 2.22. The second-order valence-electron chi connectivity index (χ2n) is 5.11. The standard InChI is InChI=1S/C14H14BrN7/c15-10-1-2-11(16-7-10)21-3-5-22(6-4-21)14-12-13(18-8-17-12)19-9-20-14/h1-2,7-9H,3-6H2,(H,17,18,19,20). The number of hydrogen-bond acceptors (Lipinski definition) is 6. The Bertz CT molecular complexity index is 777. The number of pyridine rings is 1. The van der Waals surface area contributed by atoms with Crippen molar-refractivity contribution in [1.82, 2.24) is 24.9 Å². The van der Waals surface area contributed by atoms with E-state index in [1.54, 1.807) is 12.7 Å². The Morgan fingerprint density at radius 2 is 1.77 bits per heavy atom. The topological polar surface area (TPSA) is 73.8 Å². The van der Waals surface area contributed by atoms with Crippen LogP contribution in [0.3, 0.4) is 0 Å². The van der Waals surface area contributed by atoms with Crippen molar-refractivity contribution >= 4 is 38.7 Å². The summed E-state index contributed by atoms with van der Waals surface area (Å²) in [5.74, 6) is 1.93. The van der Waals surface area contributed by atoms with Crippen LogP contribution in [0.5, 0.6) is 0 Å². The lowest BCUT2D eigenvalue weighted by atomic mass is 10.3. The molecule has 3 aromatic heterocycles. The summed E-state index contributed by atoms with van der Waals surface area (Å²) in [7, 11) is 0. The summed E-state index contributed by atoms with van der Waals surface area (Å²) in [6.07, 6.45) is 5.06. The Kier molecular flexibility index (Phi) is 3.38. The molecule has 0 unspecified atom stereocenters. The van der Waals surface area contributed by atoms with Crippen LogP contribution in [0.25, 0.3) is 11.2 Å². The van der Waals surface area contributed by atoms with Gasteiger partial charge in [-0.25, -0.2) is 19.9 Å². The van der Waals surface area contributed by atoms with Crippen molar-refractivity contribution in [2.75, 3.05) is 36.0 Å². The Hall–Kier alpha value is -2.22. The fourth-order valence-electron chi connectivity index (χ4n) is 2.69.